The molecular weight excluding hydrogens is 552 g/mol. The Hall–Kier alpha value is -2.34. The third-order valence-corrected chi connectivity index (χ3v) is 6.16. The van der Waals surface area contributed by atoms with Crippen molar-refractivity contribution < 1.29 is 28.5 Å². The van der Waals surface area contributed by atoms with Crippen molar-refractivity contribution in [2.75, 3.05) is 19.8 Å². The van der Waals surface area contributed by atoms with Crippen LogP contribution < -0.4 is 14.2 Å². The highest BCUT2D eigenvalue weighted by Gasteiger charge is 2.22. The van der Waals surface area contributed by atoms with Gasteiger partial charge >= 0.3 is 11.9 Å². The number of carbonyl (C=O) groups is 2. The van der Waals surface area contributed by atoms with Gasteiger partial charge in [0.1, 0.15) is 21.7 Å². The molecule has 0 aliphatic carbocycles. The highest BCUT2D eigenvalue weighted by molar-refractivity contribution is 6.55. The van der Waals surface area contributed by atoms with E-state index >= 15 is 0 Å². The van der Waals surface area contributed by atoms with Gasteiger partial charge in [0.25, 0.3) is 0 Å². The van der Waals surface area contributed by atoms with E-state index in [0.29, 0.717) is 5.56 Å². The Kier molecular flexibility index (Phi) is 10.6. The molecule has 180 valence electrons. The van der Waals surface area contributed by atoms with E-state index in [1.54, 1.807) is 19.9 Å². The van der Waals surface area contributed by atoms with Crippen LogP contribution in [0, 0.1) is 11.3 Å². The zero-order valence-electron chi connectivity index (χ0n) is 17.7. The van der Waals surface area contributed by atoms with Gasteiger partial charge in [0.05, 0.1) is 28.3 Å². The van der Waals surface area contributed by atoms with Crippen molar-refractivity contribution in [3.63, 3.8) is 0 Å². The number of ether oxygens (including phenoxy) is 4. The molecule has 0 amide bonds. The Morgan fingerprint density at radius 1 is 0.912 bits per heavy atom. The Balaban J connectivity index is 2.22. The summed E-state index contributed by atoms with van der Waals surface area (Å²) in [7, 11) is 0. The number of halogens is 5. The highest BCUT2D eigenvalue weighted by atomic mass is 35.5. The van der Waals surface area contributed by atoms with Gasteiger partial charge in [0, 0.05) is 0 Å². The van der Waals surface area contributed by atoms with Gasteiger partial charge in [-0.1, -0.05) is 64.1 Å². The van der Waals surface area contributed by atoms with Crippen LogP contribution in [0.25, 0.3) is 6.08 Å². The second-order valence-electron chi connectivity index (χ2n) is 6.19. The lowest BCUT2D eigenvalue weighted by Gasteiger charge is -2.14. The second kappa shape index (κ2) is 12.9. The van der Waals surface area contributed by atoms with Gasteiger partial charge in [-0.05, 0) is 37.6 Å². The maximum Gasteiger partial charge on any atom is 0.349 e. The number of nitrogens with zero attached hydrogens (tertiary/aromatic N) is 1. The van der Waals surface area contributed by atoms with Gasteiger partial charge in [0.2, 0.25) is 0 Å². The standard InChI is InChI=1S/C22H16Cl5NO6/c1-3-31-14-8-11(7-12(9-28)22(30)32-4-2)5-6-13(14)34-15(29)10-33-21-19(26)17(24)16(23)18(25)20(21)27/h5-8H,3-4,10H2,1-2H3/b12-7+. The molecule has 12 heteroatoms. The Morgan fingerprint density at radius 3 is 2.09 bits per heavy atom. The van der Waals surface area contributed by atoms with E-state index in [0.717, 1.165) is 0 Å². The van der Waals surface area contributed by atoms with Crippen LogP contribution in [0.15, 0.2) is 23.8 Å². The molecule has 2 aromatic rings. The number of rotatable bonds is 9. The van der Waals surface area contributed by atoms with Crippen LogP contribution in [0.2, 0.25) is 25.1 Å². The monoisotopic (exact) mass is 565 g/mol. The van der Waals surface area contributed by atoms with Gasteiger partial charge in [0.15, 0.2) is 23.9 Å². The van der Waals surface area contributed by atoms with Crippen LogP contribution in [0.5, 0.6) is 17.2 Å². The van der Waals surface area contributed by atoms with Crippen LogP contribution in [-0.4, -0.2) is 31.8 Å². The Labute approximate surface area is 220 Å². The van der Waals surface area contributed by atoms with Gasteiger partial charge in [-0.3, -0.25) is 0 Å². The third-order valence-electron chi connectivity index (χ3n) is 3.92. The fraction of sp³-hybridized carbons (Fsp3) is 0.227. The summed E-state index contributed by atoms with van der Waals surface area (Å²) in [5, 5.41) is 8.75. The molecule has 0 atom stereocenters. The summed E-state index contributed by atoms with van der Waals surface area (Å²) in [4.78, 5) is 24.2. The summed E-state index contributed by atoms with van der Waals surface area (Å²) in [6.45, 7) is 3.15. The first-order valence-electron chi connectivity index (χ1n) is 9.55. The summed E-state index contributed by atoms with van der Waals surface area (Å²) in [5.41, 5.74) is 0.254. The fourth-order valence-corrected chi connectivity index (χ4v) is 3.70. The lowest BCUT2D eigenvalue weighted by Crippen LogP contribution is -2.18. The lowest BCUT2D eigenvalue weighted by molar-refractivity contribution is -0.138. The maximum absolute atomic E-state index is 12.4. The minimum atomic E-state index is -0.817. The predicted molar refractivity (Wildman–Crippen MR) is 130 cm³/mol. The molecule has 34 heavy (non-hydrogen) atoms. The van der Waals surface area contributed by atoms with E-state index < -0.39 is 18.5 Å². The molecule has 0 aliphatic heterocycles. The van der Waals surface area contributed by atoms with E-state index in [4.69, 9.17) is 77.0 Å². The van der Waals surface area contributed by atoms with Crippen molar-refractivity contribution >= 4 is 76.0 Å². The van der Waals surface area contributed by atoms with Crippen molar-refractivity contribution in [2.45, 2.75) is 13.8 Å². The maximum atomic E-state index is 12.4. The van der Waals surface area contributed by atoms with E-state index in [1.165, 1.54) is 24.3 Å². The molecule has 0 saturated carbocycles. The average Bonchev–Trinajstić information content (AvgIpc) is 2.81. The third kappa shape index (κ3) is 6.84. The first-order valence-corrected chi connectivity index (χ1v) is 11.4. The van der Waals surface area contributed by atoms with Crippen LogP contribution in [-0.2, 0) is 14.3 Å². The molecular formula is C22H16Cl5NO6. The normalized spacial score (nSPS) is 10.9. The minimum absolute atomic E-state index is 0.0498. The van der Waals surface area contributed by atoms with Crippen molar-refractivity contribution in [3.8, 4) is 23.3 Å². The molecule has 0 heterocycles. The van der Waals surface area contributed by atoms with Gasteiger partial charge < -0.3 is 18.9 Å². The van der Waals surface area contributed by atoms with Crippen LogP contribution >= 0.6 is 58.0 Å². The van der Waals surface area contributed by atoms with Crippen LogP contribution in [0.3, 0.4) is 0 Å². The van der Waals surface area contributed by atoms with Crippen molar-refractivity contribution in [2.24, 2.45) is 0 Å². The van der Waals surface area contributed by atoms with Crippen LogP contribution in [0.4, 0.5) is 0 Å². The SMILES string of the molecule is CCOC(=O)/C(C#N)=C/c1ccc(OC(=O)COc2c(Cl)c(Cl)c(Cl)c(Cl)c2Cl)c(OCC)c1. The van der Waals surface area contributed by atoms with Crippen molar-refractivity contribution in [1.29, 1.82) is 5.26 Å². The minimum Gasteiger partial charge on any atom is -0.490 e. The van der Waals surface area contributed by atoms with Crippen molar-refractivity contribution in [3.05, 3.63) is 54.4 Å². The molecule has 0 spiro atoms. The molecule has 2 aromatic carbocycles. The molecule has 0 bridgehead atoms. The summed E-state index contributed by atoms with van der Waals surface area (Å²) >= 11 is 30.1. The van der Waals surface area contributed by atoms with Gasteiger partial charge in [-0.2, -0.15) is 5.26 Å². The average molecular weight is 568 g/mol. The fourth-order valence-electron chi connectivity index (χ4n) is 2.47. The smallest absolute Gasteiger partial charge is 0.349 e. The first kappa shape index (κ1) is 27.9. The lowest BCUT2D eigenvalue weighted by atomic mass is 10.1. The molecule has 2 rings (SSSR count). The van der Waals surface area contributed by atoms with E-state index in [9.17, 15) is 14.9 Å². The van der Waals surface area contributed by atoms with Crippen molar-refractivity contribution in [1.82, 2.24) is 0 Å². The van der Waals surface area contributed by atoms with E-state index in [2.05, 4.69) is 0 Å². The van der Waals surface area contributed by atoms with Gasteiger partial charge in [-0.25, -0.2) is 9.59 Å². The molecule has 0 aliphatic rings. The molecule has 0 radical (unpaired) electrons. The molecule has 0 aromatic heterocycles. The molecule has 0 unspecified atom stereocenters. The van der Waals surface area contributed by atoms with E-state index in [1.807, 2.05) is 0 Å². The first-order chi connectivity index (χ1) is 16.1. The Morgan fingerprint density at radius 2 is 1.53 bits per heavy atom. The van der Waals surface area contributed by atoms with Crippen LogP contribution in [0.1, 0.15) is 19.4 Å². The number of hydrogen-bond acceptors (Lipinski definition) is 7. The second-order valence-corrected chi connectivity index (χ2v) is 8.08. The summed E-state index contributed by atoms with van der Waals surface area (Å²) in [5.74, 6) is -1.43. The number of nitriles is 1. The topological polar surface area (TPSA) is 94.9 Å². The number of esters is 2. The largest absolute Gasteiger partial charge is 0.490 e. The summed E-state index contributed by atoms with van der Waals surface area (Å²) in [6.07, 6.45) is 1.33. The zero-order valence-corrected chi connectivity index (χ0v) is 21.5. The predicted octanol–water partition coefficient (Wildman–Crippen LogP) is 6.81. The molecule has 0 N–H and O–H groups in total. The zero-order chi connectivity index (χ0) is 25.4. The highest BCUT2D eigenvalue weighted by Crippen LogP contribution is 2.48. The number of benzene rings is 2. The molecule has 7 nitrogen and oxygen atoms in total. The summed E-state index contributed by atoms with van der Waals surface area (Å²) in [6, 6.07) is 6.24. The quantitative estimate of drug-likeness (QED) is 0.0821. The summed E-state index contributed by atoms with van der Waals surface area (Å²) < 4.78 is 21.0. The molecule has 0 saturated heterocycles. The van der Waals surface area contributed by atoms with E-state index in [-0.39, 0.29) is 61.1 Å². The number of hydrogen-bond donors (Lipinski definition) is 0. The Bertz CT molecular complexity index is 1150. The van der Waals surface area contributed by atoms with Gasteiger partial charge in [-0.15, -0.1) is 0 Å². The number of carbonyl (C=O) groups excluding carboxylic acids is 2. The molecule has 0 fully saturated rings.